The molecule has 1 aromatic carbocycles. The SMILES string of the molecule is CCc1nc(-c2ccc(N3CCCCC3C(=O)Nc3nncs3)c(F)c2)no1. The van der Waals surface area contributed by atoms with Gasteiger partial charge in [-0.3, -0.25) is 10.1 Å². The molecule has 10 heteroatoms. The minimum absolute atomic E-state index is 0.203. The van der Waals surface area contributed by atoms with Crippen LogP contribution < -0.4 is 10.2 Å². The largest absolute Gasteiger partial charge is 0.357 e. The number of halogens is 1. The van der Waals surface area contributed by atoms with Crippen LogP contribution in [0.1, 0.15) is 32.1 Å². The fourth-order valence-electron chi connectivity index (χ4n) is 3.30. The quantitative estimate of drug-likeness (QED) is 0.699. The second kappa shape index (κ2) is 8.01. The molecule has 8 nitrogen and oxygen atoms in total. The average Bonchev–Trinajstić information content (AvgIpc) is 3.40. The van der Waals surface area contributed by atoms with Crippen LogP contribution in [-0.4, -0.2) is 38.8 Å². The Bertz CT molecular complexity index is 961. The molecule has 1 fully saturated rings. The van der Waals surface area contributed by atoms with E-state index in [1.54, 1.807) is 17.6 Å². The molecule has 1 amide bonds. The van der Waals surface area contributed by atoms with Gasteiger partial charge in [0.15, 0.2) is 0 Å². The van der Waals surface area contributed by atoms with Crippen molar-refractivity contribution in [2.45, 2.75) is 38.6 Å². The summed E-state index contributed by atoms with van der Waals surface area (Å²) in [7, 11) is 0. The molecular weight excluding hydrogens is 383 g/mol. The number of nitrogens with zero attached hydrogens (tertiary/aromatic N) is 5. The first-order valence-electron chi connectivity index (χ1n) is 9.12. The molecule has 0 spiro atoms. The predicted molar refractivity (Wildman–Crippen MR) is 103 cm³/mol. The van der Waals surface area contributed by atoms with Gasteiger partial charge >= 0.3 is 0 Å². The number of hydrogen-bond donors (Lipinski definition) is 1. The molecule has 146 valence electrons. The van der Waals surface area contributed by atoms with E-state index >= 15 is 0 Å². The third-order valence-electron chi connectivity index (χ3n) is 4.68. The van der Waals surface area contributed by atoms with E-state index in [0.29, 0.717) is 47.5 Å². The number of hydrogen-bond acceptors (Lipinski definition) is 8. The van der Waals surface area contributed by atoms with Gasteiger partial charge < -0.3 is 9.42 Å². The topological polar surface area (TPSA) is 97.0 Å². The van der Waals surface area contributed by atoms with Crippen LogP contribution in [0.3, 0.4) is 0 Å². The summed E-state index contributed by atoms with van der Waals surface area (Å²) in [5, 5.41) is 14.7. The molecule has 28 heavy (non-hydrogen) atoms. The third kappa shape index (κ3) is 3.72. The van der Waals surface area contributed by atoms with Gasteiger partial charge in [-0.2, -0.15) is 4.98 Å². The van der Waals surface area contributed by atoms with Crippen molar-refractivity contribution in [3.8, 4) is 11.4 Å². The van der Waals surface area contributed by atoms with Crippen LogP contribution in [0.15, 0.2) is 28.2 Å². The van der Waals surface area contributed by atoms with Gasteiger partial charge in [0.2, 0.25) is 22.8 Å². The number of aromatic nitrogens is 4. The fraction of sp³-hybridized carbons (Fsp3) is 0.389. The molecule has 1 saturated heterocycles. The van der Waals surface area contributed by atoms with E-state index in [4.69, 9.17) is 4.52 Å². The van der Waals surface area contributed by atoms with Gasteiger partial charge in [0, 0.05) is 18.5 Å². The van der Waals surface area contributed by atoms with Crippen molar-refractivity contribution in [3.05, 3.63) is 35.4 Å². The van der Waals surface area contributed by atoms with Crippen molar-refractivity contribution in [2.75, 3.05) is 16.8 Å². The van der Waals surface area contributed by atoms with Gasteiger partial charge in [-0.05, 0) is 37.5 Å². The van der Waals surface area contributed by atoms with Gasteiger partial charge in [0.05, 0.1) is 5.69 Å². The number of carbonyl (C=O) groups is 1. The lowest BCUT2D eigenvalue weighted by Gasteiger charge is -2.36. The highest BCUT2D eigenvalue weighted by Crippen LogP contribution is 2.30. The molecule has 1 unspecified atom stereocenters. The Morgan fingerprint density at radius 3 is 3.04 bits per heavy atom. The lowest BCUT2D eigenvalue weighted by molar-refractivity contribution is -0.117. The lowest BCUT2D eigenvalue weighted by Crippen LogP contribution is -2.47. The van der Waals surface area contributed by atoms with Crippen molar-refractivity contribution < 1.29 is 13.7 Å². The molecule has 3 aromatic rings. The standard InChI is InChI=1S/C18H19FN6O2S/c1-2-15-21-16(24-27-15)11-6-7-13(12(19)9-11)25-8-4-3-5-14(25)17(26)22-18-23-20-10-28-18/h6-7,9-10,14H,2-5,8H2,1H3,(H,22,23,26). The molecule has 1 aliphatic rings. The minimum atomic E-state index is -0.463. The number of benzene rings is 1. The van der Waals surface area contributed by atoms with Crippen LogP contribution >= 0.6 is 11.3 Å². The van der Waals surface area contributed by atoms with Gasteiger partial charge in [0.1, 0.15) is 17.4 Å². The summed E-state index contributed by atoms with van der Waals surface area (Å²) < 4.78 is 20.0. The second-order valence-corrected chi connectivity index (χ2v) is 7.30. The van der Waals surface area contributed by atoms with Crippen molar-refractivity contribution >= 4 is 28.1 Å². The molecule has 0 saturated carbocycles. The van der Waals surface area contributed by atoms with Crippen molar-refractivity contribution in [1.82, 2.24) is 20.3 Å². The molecule has 0 radical (unpaired) electrons. The molecule has 0 bridgehead atoms. The average molecular weight is 402 g/mol. The minimum Gasteiger partial charge on any atom is -0.357 e. The van der Waals surface area contributed by atoms with E-state index in [0.717, 1.165) is 12.8 Å². The first kappa shape index (κ1) is 18.5. The van der Waals surface area contributed by atoms with E-state index in [1.807, 2.05) is 11.8 Å². The van der Waals surface area contributed by atoms with E-state index < -0.39 is 11.9 Å². The summed E-state index contributed by atoms with van der Waals surface area (Å²) >= 11 is 1.25. The first-order valence-corrected chi connectivity index (χ1v) is 10.00. The number of rotatable bonds is 5. The Labute approximate surface area is 164 Å². The van der Waals surface area contributed by atoms with Gasteiger partial charge in [-0.1, -0.05) is 23.4 Å². The van der Waals surface area contributed by atoms with E-state index in [2.05, 4.69) is 25.7 Å². The smallest absolute Gasteiger partial charge is 0.248 e. The van der Waals surface area contributed by atoms with Crippen LogP contribution in [-0.2, 0) is 11.2 Å². The highest BCUT2D eigenvalue weighted by Gasteiger charge is 2.31. The van der Waals surface area contributed by atoms with E-state index in [9.17, 15) is 9.18 Å². The maximum atomic E-state index is 14.9. The van der Waals surface area contributed by atoms with E-state index in [1.165, 1.54) is 17.4 Å². The molecular formula is C18H19FN6O2S. The number of carbonyl (C=O) groups excluding carboxylic acids is 1. The highest BCUT2D eigenvalue weighted by molar-refractivity contribution is 7.13. The molecule has 1 atom stereocenters. The van der Waals surface area contributed by atoms with Crippen LogP contribution in [0, 0.1) is 5.82 Å². The van der Waals surface area contributed by atoms with Gasteiger partial charge in [-0.25, -0.2) is 4.39 Å². The number of nitrogens with one attached hydrogen (secondary N) is 1. The number of piperidine rings is 1. The first-order chi connectivity index (χ1) is 13.7. The van der Waals surface area contributed by atoms with Crippen molar-refractivity contribution in [2.24, 2.45) is 0 Å². The number of aryl methyl sites for hydroxylation is 1. The zero-order valence-electron chi connectivity index (χ0n) is 15.3. The Morgan fingerprint density at radius 2 is 2.32 bits per heavy atom. The molecule has 1 N–H and O–H groups in total. The summed E-state index contributed by atoms with van der Waals surface area (Å²) in [5.74, 6) is 0.233. The monoisotopic (exact) mass is 402 g/mol. The summed E-state index contributed by atoms with van der Waals surface area (Å²) in [5.41, 5.74) is 2.48. The van der Waals surface area contributed by atoms with Crippen molar-refractivity contribution in [1.29, 1.82) is 0 Å². The normalized spacial score (nSPS) is 16.9. The maximum absolute atomic E-state index is 14.9. The molecule has 4 rings (SSSR count). The summed E-state index contributed by atoms with van der Waals surface area (Å²) in [6, 6.07) is 4.34. The van der Waals surface area contributed by atoms with Gasteiger partial charge in [0.25, 0.3) is 0 Å². The lowest BCUT2D eigenvalue weighted by atomic mass is 10.00. The maximum Gasteiger partial charge on any atom is 0.248 e. The fourth-order valence-corrected chi connectivity index (χ4v) is 3.75. The molecule has 2 aromatic heterocycles. The van der Waals surface area contributed by atoms with Crippen molar-refractivity contribution in [3.63, 3.8) is 0 Å². The Morgan fingerprint density at radius 1 is 1.43 bits per heavy atom. The highest BCUT2D eigenvalue weighted by atomic mass is 32.1. The zero-order chi connectivity index (χ0) is 19.5. The zero-order valence-corrected chi connectivity index (χ0v) is 16.1. The molecule has 0 aliphatic carbocycles. The van der Waals surface area contributed by atoms with Crippen LogP contribution in [0.2, 0.25) is 0 Å². The summed E-state index contributed by atoms with van der Waals surface area (Å²) in [6.45, 7) is 2.51. The molecule has 3 heterocycles. The van der Waals surface area contributed by atoms with Crippen LogP contribution in [0.25, 0.3) is 11.4 Å². The van der Waals surface area contributed by atoms with Crippen LogP contribution in [0.5, 0.6) is 0 Å². The Kier molecular flexibility index (Phi) is 5.29. The van der Waals surface area contributed by atoms with E-state index in [-0.39, 0.29) is 5.91 Å². The van der Waals surface area contributed by atoms with Gasteiger partial charge in [-0.15, -0.1) is 10.2 Å². The summed E-state index contributed by atoms with van der Waals surface area (Å²) in [4.78, 5) is 18.8. The number of amides is 1. The predicted octanol–water partition coefficient (Wildman–Crippen LogP) is 3.29. The summed E-state index contributed by atoms with van der Waals surface area (Å²) in [6.07, 6.45) is 3.07. The number of anilines is 2. The Hall–Kier alpha value is -2.88. The van der Waals surface area contributed by atoms with Crippen LogP contribution in [0.4, 0.5) is 15.2 Å². The Balaban J connectivity index is 1.57. The molecule has 1 aliphatic heterocycles. The third-order valence-corrected chi connectivity index (χ3v) is 5.29. The second-order valence-electron chi connectivity index (χ2n) is 6.47.